The zero-order valence-corrected chi connectivity index (χ0v) is 20.9. The van der Waals surface area contributed by atoms with Crippen molar-refractivity contribution in [1.82, 2.24) is 4.98 Å². The average molecular weight is 532 g/mol. The predicted molar refractivity (Wildman–Crippen MR) is 141 cm³/mol. The molecule has 192 valence electrons. The molecule has 0 saturated carbocycles. The number of carbonyl (C=O) groups is 3. The molecule has 2 heterocycles. The Morgan fingerprint density at radius 1 is 1.24 bits per heavy atom. The summed E-state index contributed by atoms with van der Waals surface area (Å²) >= 11 is 0.838. The van der Waals surface area contributed by atoms with Crippen LogP contribution in [0, 0.1) is 17.0 Å². The van der Waals surface area contributed by atoms with E-state index in [0.29, 0.717) is 5.56 Å². The molecule has 2 aromatic carbocycles. The number of aromatic nitrogens is 1. The lowest BCUT2D eigenvalue weighted by Crippen LogP contribution is -2.30. The molecule has 0 fully saturated rings. The van der Waals surface area contributed by atoms with Crippen LogP contribution in [0.25, 0.3) is 6.08 Å². The van der Waals surface area contributed by atoms with Crippen LogP contribution in [0.3, 0.4) is 0 Å². The Labute approximate surface area is 221 Å². The maximum absolute atomic E-state index is 13.3. The number of allylic oxidation sites excluding steroid dienone is 1. The predicted octanol–water partition coefficient (Wildman–Crippen LogP) is 4.89. The van der Waals surface area contributed by atoms with Gasteiger partial charge < -0.3 is 9.84 Å². The molecule has 1 unspecified atom stereocenters. The van der Waals surface area contributed by atoms with E-state index in [4.69, 9.17) is 4.74 Å². The van der Waals surface area contributed by atoms with Gasteiger partial charge in [0.05, 0.1) is 22.2 Å². The highest BCUT2D eigenvalue weighted by molar-refractivity contribution is 7.17. The van der Waals surface area contributed by atoms with Crippen LogP contribution in [-0.4, -0.2) is 39.3 Å². The fraction of sp³-hybridized carbons (Fsp3) is 0.111. The Kier molecular flexibility index (Phi) is 7.58. The van der Waals surface area contributed by atoms with Crippen LogP contribution in [0.4, 0.5) is 10.8 Å². The molecule has 1 atom stereocenters. The van der Waals surface area contributed by atoms with Gasteiger partial charge >= 0.3 is 5.97 Å². The maximum atomic E-state index is 13.3. The number of aliphatic hydroxyl groups is 1. The fourth-order valence-electron chi connectivity index (χ4n) is 3.88. The van der Waals surface area contributed by atoms with Crippen LogP contribution >= 0.6 is 11.3 Å². The summed E-state index contributed by atoms with van der Waals surface area (Å²) in [6.07, 6.45) is 4.15. The van der Waals surface area contributed by atoms with E-state index in [1.807, 2.05) is 6.07 Å². The summed E-state index contributed by atoms with van der Waals surface area (Å²) in [6, 6.07) is 13.1. The van der Waals surface area contributed by atoms with Crippen molar-refractivity contribution >= 4 is 45.9 Å². The van der Waals surface area contributed by atoms with Gasteiger partial charge in [-0.2, -0.15) is 0 Å². The van der Waals surface area contributed by atoms with E-state index in [1.165, 1.54) is 42.5 Å². The first-order valence-electron chi connectivity index (χ1n) is 11.3. The van der Waals surface area contributed by atoms with Gasteiger partial charge in [0, 0.05) is 12.1 Å². The van der Waals surface area contributed by atoms with Crippen molar-refractivity contribution < 1.29 is 29.2 Å². The van der Waals surface area contributed by atoms with Gasteiger partial charge in [0.25, 0.3) is 11.6 Å². The van der Waals surface area contributed by atoms with E-state index in [9.17, 15) is 29.6 Å². The molecule has 0 bridgehead atoms. The van der Waals surface area contributed by atoms with Crippen molar-refractivity contribution in [2.24, 2.45) is 0 Å². The minimum Gasteiger partial charge on any atom is -0.503 e. The van der Waals surface area contributed by atoms with Gasteiger partial charge in [-0.3, -0.25) is 24.6 Å². The number of nitrogens with zero attached hydrogens (tertiary/aromatic N) is 3. The lowest BCUT2D eigenvalue weighted by atomic mass is 9.95. The standard InChI is InChI=1S/C27H21N3O7S/c1-3-14-37-26(34)24-16(2)28-27(38-24)29-22(18-10-7-11-19(15-18)30(35)36)21(23(32)25(29)33)20(31)13-12-17-8-5-4-6-9-17/h3-13,15,22,32H,1,14H2,2H3/b13-12+. The molecule has 0 radical (unpaired) electrons. The fourth-order valence-corrected chi connectivity index (χ4v) is 4.87. The van der Waals surface area contributed by atoms with Crippen molar-refractivity contribution in [3.63, 3.8) is 0 Å². The number of non-ortho nitro benzene ring substituents is 1. The van der Waals surface area contributed by atoms with Gasteiger partial charge in [-0.15, -0.1) is 0 Å². The molecule has 1 N–H and O–H groups in total. The Balaban J connectivity index is 1.81. The van der Waals surface area contributed by atoms with Gasteiger partial charge in [-0.1, -0.05) is 72.5 Å². The number of aryl methyl sites for hydroxylation is 1. The molecule has 4 rings (SSSR count). The molecule has 3 aromatic rings. The quantitative estimate of drug-likeness (QED) is 0.135. The number of benzene rings is 2. The lowest BCUT2D eigenvalue weighted by Gasteiger charge is -2.24. The number of ether oxygens (including phenoxy) is 1. The molecule has 1 aliphatic heterocycles. The summed E-state index contributed by atoms with van der Waals surface area (Å²) in [5, 5.41) is 22.3. The van der Waals surface area contributed by atoms with Gasteiger partial charge in [0.2, 0.25) is 0 Å². The topological polar surface area (TPSA) is 140 Å². The highest BCUT2D eigenvalue weighted by Gasteiger charge is 2.45. The summed E-state index contributed by atoms with van der Waals surface area (Å²) < 4.78 is 5.08. The summed E-state index contributed by atoms with van der Waals surface area (Å²) in [5.41, 5.74) is 0.653. The van der Waals surface area contributed by atoms with Crippen LogP contribution in [0.2, 0.25) is 0 Å². The smallest absolute Gasteiger partial charge is 0.350 e. The number of nitro groups is 1. The number of nitro benzene ring substituents is 1. The molecule has 11 heteroatoms. The SMILES string of the molecule is C=CCOC(=O)c1sc(N2C(=O)C(O)=C(C(=O)/C=C/c3ccccc3)C2c2cccc([N+](=O)[O-])c2)nc1C. The molecule has 10 nitrogen and oxygen atoms in total. The number of amides is 1. The Bertz CT molecular complexity index is 1510. The molecule has 1 amide bonds. The van der Waals surface area contributed by atoms with Crippen LogP contribution < -0.4 is 4.90 Å². The Morgan fingerprint density at radius 3 is 2.66 bits per heavy atom. The van der Waals surface area contributed by atoms with E-state index < -0.39 is 34.4 Å². The third-order valence-electron chi connectivity index (χ3n) is 5.61. The van der Waals surface area contributed by atoms with Crippen molar-refractivity contribution in [2.45, 2.75) is 13.0 Å². The maximum Gasteiger partial charge on any atom is 0.350 e. The second-order valence-corrected chi connectivity index (χ2v) is 9.08. The van der Waals surface area contributed by atoms with Crippen LogP contribution in [0.1, 0.15) is 32.5 Å². The molecule has 0 saturated heterocycles. The van der Waals surface area contributed by atoms with Crippen molar-refractivity contribution in [1.29, 1.82) is 0 Å². The van der Waals surface area contributed by atoms with E-state index in [0.717, 1.165) is 16.2 Å². The number of esters is 1. The average Bonchev–Trinajstić information content (AvgIpc) is 3.43. The van der Waals surface area contributed by atoms with Crippen molar-refractivity contribution in [3.05, 3.63) is 116 Å². The molecule has 0 spiro atoms. The zero-order valence-electron chi connectivity index (χ0n) is 20.1. The highest BCUT2D eigenvalue weighted by Crippen LogP contribution is 2.43. The number of aliphatic hydroxyl groups excluding tert-OH is 1. The Morgan fingerprint density at radius 2 is 1.97 bits per heavy atom. The number of rotatable bonds is 9. The first-order chi connectivity index (χ1) is 18.2. The van der Waals surface area contributed by atoms with E-state index in [2.05, 4.69) is 11.6 Å². The first kappa shape index (κ1) is 26.2. The zero-order chi connectivity index (χ0) is 27.4. The third-order valence-corrected chi connectivity index (χ3v) is 6.74. The van der Waals surface area contributed by atoms with Gasteiger partial charge in [0.15, 0.2) is 16.7 Å². The van der Waals surface area contributed by atoms with Crippen LogP contribution in [0.15, 0.2) is 84.7 Å². The van der Waals surface area contributed by atoms with E-state index in [1.54, 1.807) is 31.2 Å². The molecule has 1 aliphatic rings. The number of anilines is 1. The van der Waals surface area contributed by atoms with Gasteiger partial charge in [0.1, 0.15) is 11.5 Å². The summed E-state index contributed by atoms with van der Waals surface area (Å²) in [4.78, 5) is 55.4. The minimum atomic E-state index is -1.24. The number of hydrogen-bond donors (Lipinski definition) is 1. The third kappa shape index (κ3) is 5.13. The van der Waals surface area contributed by atoms with Gasteiger partial charge in [-0.25, -0.2) is 9.78 Å². The number of ketones is 1. The van der Waals surface area contributed by atoms with Crippen molar-refractivity contribution in [2.75, 3.05) is 11.5 Å². The minimum absolute atomic E-state index is 0.0101. The summed E-state index contributed by atoms with van der Waals surface area (Å²) in [7, 11) is 0. The highest BCUT2D eigenvalue weighted by atomic mass is 32.1. The van der Waals surface area contributed by atoms with E-state index in [-0.39, 0.29) is 39.1 Å². The summed E-state index contributed by atoms with van der Waals surface area (Å²) in [5.74, 6) is -3.09. The second-order valence-electron chi connectivity index (χ2n) is 8.10. The monoisotopic (exact) mass is 531 g/mol. The second kappa shape index (κ2) is 11.0. The number of carbonyl (C=O) groups excluding carboxylic acids is 3. The molecule has 0 aliphatic carbocycles. The molecule has 1 aromatic heterocycles. The molecular weight excluding hydrogens is 510 g/mol. The first-order valence-corrected chi connectivity index (χ1v) is 12.1. The van der Waals surface area contributed by atoms with E-state index >= 15 is 0 Å². The molecular formula is C27H21N3O7S. The lowest BCUT2D eigenvalue weighted by molar-refractivity contribution is -0.384. The van der Waals surface area contributed by atoms with Crippen LogP contribution in [-0.2, 0) is 14.3 Å². The summed E-state index contributed by atoms with van der Waals surface area (Å²) in [6.45, 7) is 5.02. The number of thiazole rings is 1. The normalized spacial score (nSPS) is 15.2. The Hall–Kier alpha value is -4.90. The van der Waals surface area contributed by atoms with Crippen molar-refractivity contribution in [3.8, 4) is 0 Å². The van der Waals surface area contributed by atoms with Gasteiger partial charge in [-0.05, 0) is 24.1 Å². The largest absolute Gasteiger partial charge is 0.503 e. The molecule has 38 heavy (non-hydrogen) atoms. The van der Waals surface area contributed by atoms with Crippen LogP contribution in [0.5, 0.6) is 0 Å². The number of hydrogen-bond acceptors (Lipinski definition) is 9.